The van der Waals surface area contributed by atoms with Gasteiger partial charge in [0.15, 0.2) is 12.2 Å². The molecule has 7 nitrogen and oxygen atoms in total. The van der Waals surface area contributed by atoms with Crippen molar-refractivity contribution in [2.75, 3.05) is 10.6 Å². The zero-order valence-corrected chi connectivity index (χ0v) is 17.8. The lowest BCUT2D eigenvalue weighted by Crippen LogP contribution is -2.15. The van der Waals surface area contributed by atoms with Crippen LogP contribution in [0.2, 0.25) is 0 Å². The zero-order chi connectivity index (χ0) is 23.0. The zero-order valence-electron chi connectivity index (χ0n) is 17.8. The number of carbonyl (C=O) groups excluding carboxylic acids is 1. The maximum Gasteiger partial charge on any atom is 0.303 e. The van der Waals surface area contributed by atoms with E-state index in [1.54, 1.807) is 30.5 Å². The summed E-state index contributed by atoms with van der Waals surface area (Å²) in [5, 5.41) is 15.1. The highest BCUT2D eigenvalue weighted by Crippen LogP contribution is 2.22. The maximum atomic E-state index is 12.9. The third-order valence-electron chi connectivity index (χ3n) is 5.14. The van der Waals surface area contributed by atoms with Gasteiger partial charge in [0.25, 0.3) is 5.91 Å². The summed E-state index contributed by atoms with van der Waals surface area (Å²) in [4.78, 5) is 27.7. The lowest BCUT2D eigenvalue weighted by atomic mass is 10.1. The van der Waals surface area contributed by atoms with E-state index in [0.29, 0.717) is 30.0 Å². The van der Waals surface area contributed by atoms with Crippen molar-refractivity contribution in [2.24, 2.45) is 0 Å². The van der Waals surface area contributed by atoms with Crippen LogP contribution in [0.25, 0.3) is 11.3 Å². The number of aryl methyl sites for hydroxylation is 1. The molecule has 0 aliphatic carbocycles. The van der Waals surface area contributed by atoms with Crippen LogP contribution in [0.5, 0.6) is 0 Å². The van der Waals surface area contributed by atoms with E-state index in [2.05, 4.69) is 15.6 Å². The monoisotopic (exact) mass is 441 g/mol. The lowest BCUT2D eigenvalue weighted by molar-refractivity contribution is -0.136. The lowest BCUT2D eigenvalue weighted by Gasteiger charge is -2.13. The van der Waals surface area contributed by atoms with E-state index >= 15 is 0 Å². The van der Waals surface area contributed by atoms with Crippen LogP contribution in [-0.4, -0.2) is 22.0 Å². The first-order valence-corrected chi connectivity index (χ1v) is 10.5. The normalized spacial score (nSPS) is 10.5. The number of carbonyl (C=O) groups is 2. The second-order valence-corrected chi connectivity index (χ2v) is 7.51. The Morgan fingerprint density at radius 3 is 2.52 bits per heavy atom. The van der Waals surface area contributed by atoms with Crippen LogP contribution in [-0.2, 0) is 17.8 Å². The van der Waals surface area contributed by atoms with Crippen molar-refractivity contribution in [3.8, 4) is 11.3 Å². The summed E-state index contributed by atoms with van der Waals surface area (Å²) in [6.45, 7) is 0.547. The van der Waals surface area contributed by atoms with E-state index in [-0.39, 0.29) is 12.3 Å². The van der Waals surface area contributed by atoms with Gasteiger partial charge in [0.2, 0.25) is 0 Å². The molecule has 0 radical (unpaired) electrons. The van der Waals surface area contributed by atoms with E-state index < -0.39 is 5.97 Å². The van der Waals surface area contributed by atoms with Gasteiger partial charge in [-0.3, -0.25) is 9.59 Å². The van der Waals surface area contributed by atoms with Gasteiger partial charge in [0.05, 0.1) is 11.8 Å². The number of aliphatic carboxylic acids is 1. The molecule has 1 aromatic heterocycles. The molecule has 166 valence electrons. The standard InChI is InChI=1S/C26H23N3O4/c30-25(31)13-10-18-4-3-5-21(14-18)29-26(32)22-6-1-2-7-23(22)28-15-19-8-11-20(12-9-19)24-16-27-17-33-24/h1-9,11-12,14,16-17,28H,10,13,15H2,(H,29,32)(H,30,31). The van der Waals surface area contributed by atoms with Crippen molar-refractivity contribution in [1.29, 1.82) is 0 Å². The minimum atomic E-state index is -0.850. The van der Waals surface area contributed by atoms with Gasteiger partial charge in [-0.1, -0.05) is 48.5 Å². The molecule has 0 fully saturated rings. The third kappa shape index (κ3) is 5.86. The second kappa shape index (κ2) is 10.3. The average molecular weight is 441 g/mol. The van der Waals surface area contributed by atoms with Gasteiger partial charge >= 0.3 is 5.97 Å². The van der Waals surface area contributed by atoms with Gasteiger partial charge in [0.1, 0.15) is 0 Å². The first-order valence-electron chi connectivity index (χ1n) is 10.5. The summed E-state index contributed by atoms with van der Waals surface area (Å²) in [7, 11) is 0. The highest BCUT2D eigenvalue weighted by molar-refractivity contribution is 6.08. The predicted molar refractivity (Wildman–Crippen MR) is 126 cm³/mol. The molecular formula is C26H23N3O4. The van der Waals surface area contributed by atoms with Crippen LogP contribution in [0, 0.1) is 0 Å². The molecule has 4 aromatic rings. The molecule has 3 N–H and O–H groups in total. The molecule has 0 saturated carbocycles. The van der Waals surface area contributed by atoms with Crippen molar-refractivity contribution in [3.05, 3.63) is 102 Å². The molecule has 0 aliphatic heterocycles. The van der Waals surface area contributed by atoms with E-state index in [0.717, 1.165) is 22.4 Å². The summed E-state index contributed by atoms with van der Waals surface area (Å²) >= 11 is 0. The molecule has 0 aliphatic rings. The molecule has 0 spiro atoms. The Kier molecular flexibility index (Phi) is 6.80. The van der Waals surface area contributed by atoms with Gasteiger partial charge < -0.3 is 20.2 Å². The molecule has 1 amide bonds. The minimum Gasteiger partial charge on any atom is -0.481 e. The number of hydrogen-bond donors (Lipinski definition) is 3. The summed E-state index contributed by atoms with van der Waals surface area (Å²) in [5.41, 5.74) is 4.72. The number of oxazole rings is 1. The van der Waals surface area contributed by atoms with Crippen molar-refractivity contribution in [2.45, 2.75) is 19.4 Å². The number of carboxylic acid groups (broad SMARTS) is 1. The number of rotatable bonds is 9. The first kappa shape index (κ1) is 21.8. The summed E-state index contributed by atoms with van der Waals surface area (Å²) in [6.07, 6.45) is 3.53. The van der Waals surface area contributed by atoms with Gasteiger partial charge in [-0.2, -0.15) is 0 Å². The van der Waals surface area contributed by atoms with E-state index in [1.165, 1.54) is 6.39 Å². The van der Waals surface area contributed by atoms with E-state index in [4.69, 9.17) is 9.52 Å². The Bertz CT molecular complexity index is 1230. The highest BCUT2D eigenvalue weighted by Gasteiger charge is 2.12. The Morgan fingerprint density at radius 2 is 1.76 bits per heavy atom. The highest BCUT2D eigenvalue weighted by atomic mass is 16.4. The molecule has 3 aromatic carbocycles. The fourth-order valence-corrected chi connectivity index (χ4v) is 3.43. The number of carboxylic acids is 1. The van der Waals surface area contributed by atoms with Gasteiger partial charge in [-0.25, -0.2) is 4.98 Å². The van der Waals surface area contributed by atoms with Crippen molar-refractivity contribution >= 4 is 23.3 Å². The second-order valence-electron chi connectivity index (χ2n) is 7.51. The Morgan fingerprint density at radius 1 is 0.939 bits per heavy atom. The predicted octanol–water partition coefficient (Wildman–Crippen LogP) is 5.22. The Labute approximate surface area is 191 Å². The van der Waals surface area contributed by atoms with Crippen molar-refractivity contribution < 1.29 is 19.1 Å². The van der Waals surface area contributed by atoms with E-state index in [1.807, 2.05) is 48.5 Å². The van der Waals surface area contributed by atoms with Gasteiger partial charge in [-0.15, -0.1) is 0 Å². The molecule has 0 unspecified atom stereocenters. The maximum absolute atomic E-state index is 12.9. The molecule has 0 saturated heterocycles. The Balaban J connectivity index is 1.41. The molecule has 1 heterocycles. The molecule has 0 bridgehead atoms. The number of para-hydroxylation sites is 1. The summed E-state index contributed by atoms with van der Waals surface area (Å²) in [5.74, 6) is -0.380. The van der Waals surface area contributed by atoms with Crippen LogP contribution in [0.3, 0.4) is 0 Å². The molecular weight excluding hydrogens is 418 g/mol. The van der Waals surface area contributed by atoms with Crippen LogP contribution >= 0.6 is 0 Å². The van der Waals surface area contributed by atoms with Gasteiger partial charge in [0, 0.05) is 29.9 Å². The minimum absolute atomic E-state index is 0.0452. The first-order chi connectivity index (χ1) is 16.1. The summed E-state index contributed by atoms with van der Waals surface area (Å²) < 4.78 is 5.31. The molecule has 0 atom stereocenters. The molecule has 7 heteroatoms. The van der Waals surface area contributed by atoms with E-state index in [9.17, 15) is 9.59 Å². The number of benzene rings is 3. The van der Waals surface area contributed by atoms with Crippen LogP contribution in [0.4, 0.5) is 11.4 Å². The Hall–Kier alpha value is -4.39. The summed E-state index contributed by atoms with van der Waals surface area (Å²) in [6, 6.07) is 22.5. The fraction of sp³-hybridized carbons (Fsp3) is 0.115. The number of anilines is 2. The van der Waals surface area contributed by atoms with Crippen LogP contribution in [0.1, 0.15) is 27.9 Å². The average Bonchev–Trinajstić information content (AvgIpc) is 3.37. The fourth-order valence-electron chi connectivity index (χ4n) is 3.43. The van der Waals surface area contributed by atoms with Crippen molar-refractivity contribution in [1.82, 2.24) is 4.98 Å². The number of nitrogens with zero attached hydrogens (tertiary/aromatic N) is 1. The number of amides is 1. The molecule has 4 rings (SSSR count). The number of nitrogens with one attached hydrogen (secondary N) is 2. The largest absolute Gasteiger partial charge is 0.481 e. The van der Waals surface area contributed by atoms with Gasteiger partial charge in [-0.05, 0) is 41.8 Å². The van der Waals surface area contributed by atoms with Crippen LogP contribution in [0.15, 0.2) is 89.8 Å². The quantitative estimate of drug-likeness (QED) is 0.329. The van der Waals surface area contributed by atoms with Crippen molar-refractivity contribution in [3.63, 3.8) is 0 Å². The smallest absolute Gasteiger partial charge is 0.303 e. The number of aromatic nitrogens is 1. The SMILES string of the molecule is O=C(O)CCc1cccc(NC(=O)c2ccccc2NCc2ccc(-c3cnco3)cc2)c1. The molecule has 33 heavy (non-hydrogen) atoms. The topological polar surface area (TPSA) is 104 Å². The van der Waals surface area contributed by atoms with Crippen LogP contribution < -0.4 is 10.6 Å². The third-order valence-corrected chi connectivity index (χ3v) is 5.14. The number of hydrogen-bond acceptors (Lipinski definition) is 5.